The fourth-order valence-electron chi connectivity index (χ4n) is 2.59. The van der Waals surface area contributed by atoms with Crippen LogP contribution in [0.5, 0.6) is 0 Å². The highest BCUT2D eigenvalue weighted by atomic mass is 19.1. The van der Waals surface area contributed by atoms with Crippen LogP contribution in [0, 0.1) is 0 Å². The molecule has 0 saturated carbocycles. The van der Waals surface area contributed by atoms with E-state index in [1.807, 2.05) is 0 Å². The van der Waals surface area contributed by atoms with Gasteiger partial charge in [0.15, 0.2) is 0 Å². The van der Waals surface area contributed by atoms with E-state index in [0.29, 0.717) is 119 Å². The van der Waals surface area contributed by atoms with Crippen LogP contribution < -0.4 is 0 Å². The molecule has 0 amide bonds. The Kier molecular flexibility index (Phi) is 34.1. The van der Waals surface area contributed by atoms with E-state index in [0.717, 1.165) is 13.0 Å². The van der Waals surface area contributed by atoms with Gasteiger partial charge in [0.05, 0.1) is 126 Å². The fraction of sp³-hybridized carbons (Fsp3) is 1.00. The van der Waals surface area contributed by atoms with Gasteiger partial charge in [-0.25, -0.2) is 4.39 Å². The largest absolute Gasteiger partial charge is 0.379 e. The number of unbranched alkanes of at least 4 members (excludes halogenated alkanes) is 2. The first-order valence-electron chi connectivity index (χ1n) is 13.2. The highest BCUT2D eigenvalue weighted by Crippen LogP contribution is 1.94. The lowest BCUT2D eigenvalue weighted by atomic mass is 10.3. The van der Waals surface area contributed by atoms with Crippen LogP contribution in [0.3, 0.4) is 0 Å². The summed E-state index contributed by atoms with van der Waals surface area (Å²) in [7, 11) is 0. The number of halogens is 1. The van der Waals surface area contributed by atoms with Crippen LogP contribution in [0.4, 0.5) is 4.39 Å². The average Bonchev–Trinajstić information content (AvgIpc) is 2.89. The van der Waals surface area contributed by atoms with Gasteiger partial charge in [0.2, 0.25) is 0 Å². The van der Waals surface area contributed by atoms with Crippen LogP contribution in [0.1, 0.15) is 26.2 Å². The van der Waals surface area contributed by atoms with Gasteiger partial charge in [0, 0.05) is 6.61 Å². The molecule has 0 aliphatic heterocycles. The van der Waals surface area contributed by atoms with Crippen molar-refractivity contribution in [3.8, 4) is 0 Å². The van der Waals surface area contributed by atoms with Gasteiger partial charge in [0.25, 0.3) is 0 Å². The van der Waals surface area contributed by atoms with Gasteiger partial charge in [-0.05, 0) is 6.42 Å². The van der Waals surface area contributed by atoms with Crippen LogP contribution in [0.25, 0.3) is 0 Å². The number of alkyl halides is 1. The summed E-state index contributed by atoms with van der Waals surface area (Å²) in [6.45, 7) is 12.0. The van der Waals surface area contributed by atoms with Crippen molar-refractivity contribution in [2.24, 2.45) is 0 Å². The predicted molar refractivity (Wildman–Crippen MR) is 134 cm³/mol. The number of hydrogen-bond donors (Lipinski definition) is 0. The van der Waals surface area contributed by atoms with Crippen molar-refractivity contribution < 1.29 is 51.8 Å². The highest BCUT2D eigenvalue weighted by Gasteiger charge is 1.96. The zero-order valence-electron chi connectivity index (χ0n) is 22.4. The Balaban J connectivity index is 3.00. The summed E-state index contributed by atoms with van der Waals surface area (Å²) >= 11 is 0. The Hall–Kier alpha value is -0.470. The van der Waals surface area contributed by atoms with Crippen molar-refractivity contribution in [2.75, 3.05) is 139 Å². The molecule has 36 heavy (non-hydrogen) atoms. The van der Waals surface area contributed by atoms with E-state index in [9.17, 15) is 4.39 Å². The van der Waals surface area contributed by atoms with E-state index in [2.05, 4.69) is 6.92 Å². The lowest BCUT2D eigenvalue weighted by Crippen LogP contribution is -2.15. The summed E-state index contributed by atoms with van der Waals surface area (Å²) < 4.78 is 65.5. The quantitative estimate of drug-likeness (QED) is 0.118. The van der Waals surface area contributed by atoms with Crippen LogP contribution >= 0.6 is 0 Å². The molecule has 0 radical (unpaired) electrons. The molecule has 10 nitrogen and oxygen atoms in total. The van der Waals surface area contributed by atoms with Crippen molar-refractivity contribution in [1.29, 1.82) is 0 Å². The van der Waals surface area contributed by atoms with Crippen LogP contribution in [0.2, 0.25) is 0 Å². The molecule has 0 unspecified atom stereocenters. The van der Waals surface area contributed by atoms with Gasteiger partial charge < -0.3 is 47.4 Å². The Bertz CT molecular complexity index is 349. The second kappa shape index (κ2) is 34.5. The van der Waals surface area contributed by atoms with Crippen molar-refractivity contribution in [1.82, 2.24) is 0 Å². The topological polar surface area (TPSA) is 92.3 Å². The molecule has 0 aliphatic rings. The van der Waals surface area contributed by atoms with Crippen LogP contribution in [0.15, 0.2) is 0 Å². The monoisotopic (exact) mass is 530 g/mol. The second-order valence-corrected chi connectivity index (χ2v) is 7.52. The molecular formula is C25H51FO10. The zero-order valence-corrected chi connectivity index (χ0v) is 22.4. The first-order chi connectivity index (χ1) is 17.9. The first-order valence-corrected chi connectivity index (χ1v) is 13.2. The summed E-state index contributed by atoms with van der Waals surface area (Å²) in [6, 6.07) is 0. The molecule has 0 aromatic carbocycles. The molecule has 0 saturated heterocycles. The van der Waals surface area contributed by atoms with Gasteiger partial charge in [-0.15, -0.1) is 0 Å². The summed E-state index contributed by atoms with van der Waals surface area (Å²) in [6.07, 6.45) is 3.54. The van der Waals surface area contributed by atoms with E-state index in [4.69, 9.17) is 47.4 Å². The van der Waals surface area contributed by atoms with Crippen molar-refractivity contribution in [3.63, 3.8) is 0 Å². The molecule has 11 heteroatoms. The third kappa shape index (κ3) is 33.5. The Morgan fingerprint density at radius 1 is 0.306 bits per heavy atom. The second-order valence-electron chi connectivity index (χ2n) is 7.52. The smallest absolute Gasteiger partial charge is 0.113 e. The fourth-order valence-corrected chi connectivity index (χ4v) is 2.59. The maximum Gasteiger partial charge on any atom is 0.113 e. The maximum atomic E-state index is 11.8. The first kappa shape index (κ1) is 35.5. The molecule has 0 fully saturated rings. The Morgan fingerprint density at radius 3 is 0.750 bits per heavy atom. The van der Waals surface area contributed by atoms with E-state index in [-0.39, 0.29) is 6.61 Å². The lowest BCUT2D eigenvalue weighted by molar-refractivity contribution is -0.0265. The minimum atomic E-state index is -0.470. The minimum absolute atomic E-state index is 0.118. The Labute approximate surface area is 217 Å². The van der Waals surface area contributed by atoms with E-state index >= 15 is 0 Å². The van der Waals surface area contributed by atoms with Crippen molar-refractivity contribution in [3.05, 3.63) is 0 Å². The molecule has 0 aliphatic carbocycles. The lowest BCUT2D eigenvalue weighted by Gasteiger charge is -2.09. The molecule has 0 atom stereocenters. The minimum Gasteiger partial charge on any atom is -0.379 e. The number of hydrogen-bond acceptors (Lipinski definition) is 10. The zero-order chi connectivity index (χ0) is 26.0. The summed E-state index contributed by atoms with van der Waals surface area (Å²) in [5.41, 5.74) is 0. The molecule has 0 N–H and O–H groups in total. The summed E-state index contributed by atoms with van der Waals surface area (Å²) in [4.78, 5) is 0. The molecule has 218 valence electrons. The van der Waals surface area contributed by atoms with Crippen molar-refractivity contribution in [2.45, 2.75) is 26.2 Å². The van der Waals surface area contributed by atoms with E-state index < -0.39 is 6.67 Å². The van der Waals surface area contributed by atoms with Gasteiger partial charge in [-0.1, -0.05) is 19.8 Å². The molecule has 0 aromatic heterocycles. The molecule has 0 spiro atoms. The molecule has 0 aromatic rings. The van der Waals surface area contributed by atoms with E-state index in [1.165, 1.54) is 12.8 Å². The predicted octanol–water partition coefficient (Wildman–Crippen LogP) is 2.31. The SMILES string of the molecule is CCCCCOCCOCCOCCOCCOCCOCCOCCOCCOCCOCCF. The van der Waals surface area contributed by atoms with Crippen molar-refractivity contribution >= 4 is 0 Å². The maximum absolute atomic E-state index is 11.8. The van der Waals surface area contributed by atoms with Gasteiger partial charge >= 0.3 is 0 Å². The molecule has 0 heterocycles. The van der Waals surface area contributed by atoms with Gasteiger partial charge in [-0.3, -0.25) is 0 Å². The molecular weight excluding hydrogens is 479 g/mol. The molecule has 0 rings (SSSR count). The number of rotatable bonds is 33. The summed E-state index contributed by atoms with van der Waals surface area (Å²) in [5, 5.41) is 0. The highest BCUT2D eigenvalue weighted by molar-refractivity contribution is 4.39. The van der Waals surface area contributed by atoms with Gasteiger partial charge in [-0.2, -0.15) is 0 Å². The number of ether oxygens (including phenoxy) is 10. The van der Waals surface area contributed by atoms with E-state index in [1.54, 1.807) is 0 Å². The normalized spacial score (nSPS) is 11.5. The Morgan fingerprint density at radius 2 is 0.528 bits per heavy atom. The van der Waals surface area contributed by atoms with Gasteiger partial charge in [0.1, 0.15) is 6.67 Å². The third-order valence-electron chi connectivity index (χ3n) is 4.46. The van der Waals surface area contributed by atoms with Crippen LogP contribution in [-0.2, 0) is 47.4 Å². The molecule has 0 bridgehead atoms. The average molecular weight is 531 g/mol. The third-order valence-corrected chi connectivity index (χ3v) is 4.46. The van der Waals surface area contributed by atoms with Crippen LogP contribution in [-0.4, -0.2) is 139 Å². The standard InChI is InChI=1S/C25H51FO10/c1-2-3-4-6-27-8-10-29-12-14-31-16-18-33-20-22-35-24-25-36-23-21-34-19-17-32-15-13-30-11-9-28-7-5-26/h2-25H2,1H3. The summed E-state index contributed by atoms with van der Waals surface area (Å²) in [5.74, 6) is 0.